The van der Waals surface area contributed by atoms with E-state index in [1.807, 2.05) is 24.3 Å². The first-order valence-corrected chi connectivity index (χ1v) is 7.64. The number of benzene rings is 1. The summed E-state index contributed by atoms with van der Waals surface area (Å²) < 4.78 is 0. The molecule has 1 amide bonds. The zero-order chi connectivity index (χ0) is 14.5. The standard InChI is InChI=1S/C17H26N2O/c1-12-4-5-13(2)16(10-12)19-11-14-6-8-15(9-7-14)17(20)18-3/h6-9,12-13,16,19H,4-5,10-11H2,1-3H3,(H,18,20). The molecule has 3 heteroatoms. The molecule has 0 saturated heterocycles. The van der Waals surface area contributed by atoms with Gasteiger partial charge in [-0.15, -0.1) is 0 Å². The number of hydrogen-bond donors (Lipinski definition) is 2. The quantitative estimate of drug-likeness (QED) is 0.886. The maximum absolute atomic E-state index is 11.5. The second-order valence-corrected chi connectivity index (χ2v) is 6.16. The molecule has 20 heavy (non-hydrogen) atoms. The molecule has 0 heterocycles. The second-order valence-electron chi connectivity index (χ2n) is 6.16. The highest BCUT2D eigenvalue weighted by atomic mass is 16.1. The van der Waals surface area contributed by atoms with Gasteiger partial charge < -0.3 is 10.6 Å². The van der Waals surface area contributed by atoms with E-state index in [2.05, 4.69) is 24.5 Å². The highest BCUT2D eigenvalue weighted by Gasteiger charge is 2.24. The summed E-state index contributed by atoms with van der Waals surface area (Å²) >= 11 is 0. The van der Waals surface area contributed by atoms with Crippen molar-refractivity contribution in [3.8, 4) is 0 Å². The lowest BCUT2D eigenvalue weighted by molar-refractivity contribution is 0.0963. The van der Waals surface area contributed by atoms with Gasteiger partial charge in [-0.2, -0.15) is 0 Å². The van der Waals surface area contributed by atoms with Crippen molar-refractivity contribution in [2.75, 3.05) is 7.05 Å². The highest BCUT2D eigenvalue weighted by molar-refractivity contribution is 5.93. The third-order valence-electron chi connectivity index (χ3n) is 4.47. The van der Waals surface area contributed by atoms with Gasteiger partial charge >= 0.3 is 0 Å². The van der Waals surface area contributed by atoms with E-state index in [0.29, 0.717) is 6.04 Å². The van der Waals surface area contributed by atoms with Crippen LogP contribution in [0.5, 0.6) is 0 Å². The average Bonchev–Trinajstić information content (AvgIpc) is 2.48. The molecule has 0 radical (unpaired) electrons. The first kappa shape index (κ1) is 15.0. The fourth-order valence-corrected chi connectivity index (χ4v) is 2.98. The molecule has 0 spiro atoms. The molecule has 3 atom stereocenters. The Morgan fingerprint density at radius 2 is 1.90 bits per heavy atom. The molecule has 110 valence electrons. The molecule has 1 aliphatic rings. The Kier molecular flexibility index (Phi) is 5.18. The molecule has 1 aromatic rings. The molecule has 0 bridgehead atoms. The van der Waals surface area contributed by atoms with Gasteiger partial charge in [0.25, 0.3) is 5.91 Å². The van der Waals surface area contributed by atoms with Crippen molar-refractivity contribution in [2.45, 2.75) is 45.7 Å². The lowest BCUT2D eigenvalue weighted by Gasteiger charge is -2.33. The van der Waals surface area contributed by atoms with Gasteiger partial charge in [0.2, 0.25) is 0 Å². The summed E-state index contributed by atoms with van der Waals surface area (Å²) in [6.45, 7) is 5.58. The Hall–Kier alpha value is -1.35. The molecule has 3 unspecified atom stereocenters. The van der Waals surface area contributed by atoms with Gasteiger partial charge in [-0.1, -0.05) is 32.4 Å². The highest BCUT2D eigenvalue weighted by Crippen LogP contribution is 2.28. The third kappa shape index (κ3) is 3.83. The number of carbonyl (C=O) groups is 1. The minimum Gasteiger partial charge on any atom is -0.355 e. The van der Waals surface area contributed by atoms with E-state index < -0.39 is 0 Å². The van der Waals surface area contributed by atoms with Crippen LogP contribution in [0, 0.1) is 11.8 Å². The summed E-state index contributed by atoms with van der Waals surface area (Å²) in [4.78, 5) is 11.5. The molecular formula is C17H26N2O. The number of rotatable bonds is 4. The summed E-state index contributed by atoms with van der Waals surface area (Å²) in [6, 6.07) is 8.48. The van der Waals surface area contributed by atoms with Gasteiger partial charge in [-0.3, -0.25) is 4.79 Å². The molecule has 2 N–H and O–H groups in total. The van der Waals surface area contributed by atoms with Crippen LogP contribution in [0.1, 0.15) is 49.0 Å². The first-order chi connectivity index (χ1) is 9.60. The van der Waals surface area contributed by atoms with Crippen LogP contribution in [0.3, 0.4) is 0 Å². The minimum atomic E-state index is -0.0285. The summed E-state index contributed by atoms with van der Waals surface area (Å²) in [5.41, 5.74) is 1.96. The smallest absolute Gasteiger partial charge is 0.251 e. The van der Waals surface area contributed by atoms with E-state index in [0.717, 1.165) is 23.9 Å². The molecule has 0 aromatic heterocycles. The van der Waals surface area contributed by atoms with Gasteiger partial charge in [0.15, 0.2) is 0 Å². The minimum absolute atomic E-state index is 0.0285. The van der Waals surface area contributed by atoms with Crippen LogP contribution < -0.4 is 10.6 Å². The van der Waals surface area contributed by atoms with Crippen LogP contribution in [0.25, 0.3) is 0 Å². The van der Waals surface area contributed by atoms with E-state index in [-0.39, 0.29) is 5.91 Å². The predicted octanol–water partition coefficient (Wildman–Crippen LogP) is 2.96. The van der Waals surface area contributed by atoms with Crippen LogP contribution in [0.2, 0.25) is 0 Å². The van der Waals surface area contributed by atoms with Gasteiger partial charge in [0.05, 0.1) is 0 Å². The van der Waals surface area contributed by atoms with Crippen molar-refractivity contribution in [1.29, 1.82) is 0 Å². The van der Waals surface area contributed by atoms with Gasteiger partial charge in [0.1, 0.15) is 0 Å². The fourth-order valence-electron chi connectivity index (χ4n) is 2.98. The van der Waals surface area contributed by atoms with Crippen molar-refractivity contribution < 1.29 is 4.79 Å². The SMILES string of the molecule is CNC(=O)c1ccc(CNC2CC(C)CCC2C)cc1. The number of nitrogens with one attached hydrogen (secondary N) is 2. The van der Waals surface area contributed by atoms with Gasteiger partial charge in [-0.25, -0.2) is 0 Å². The Balaban J connectivity index is 1.88. The molecule has 2 rings (SSSR count). The maximum Gasteiger partial charge on any atom is 0.251 e. The van der Waals surface area contributed by atoms with E-state index in [1.165, 1.54) is 24.8 Å². The molecule has 0 aliphatic heterocycles. The van der Waals surface area contributed by atoms with Crippen molar-refractivity contribution >= 4 is 5.91 Å². The molecular weight excluding hydrogens is 248 g/mol. The first-order valence-electron chi connectivity index (χ1n) is 7.64. The Morgan fingerprint density at radius 1 is 1.20 bits per heavy atom. The Bertz CT molecular complexity index is 441. The summed E-state index contributed by atoms with van der Waals surface area (Å²) in [7, 11) is 1.66. The van der Waals surface area contributed by atoms with Gasteiger partial charge in [-0.05, 0) is 42.4 Å². The van der Waals surface area contributed by atoms with Crippen LogP contribution in [0.4, 0.5) is 0 Å². The van der Waals surface area contributed by atoms with E-state index >= 15 is 0 Å². The van der Waals surface area contributed by atoms with Crippen LogP contribution >= 0.6 is 0 Å². The molecule has 1 fully saturated rings. The normalized spacial score (nSPS) is 26.2. The monoisotopic (exact) mass is 274 g/mol. The Labute approximate surface area is 122 Å². The lowest BCUT2D eigenvalue weighted by Crippen LogP contribution is -2.39. The number of hydrogen-bond acceptors (Lipinski definition) is 2. The maximum atomic E-state index is 11.5. The summed E-state index contributed by atoms with van der Waals surface area (Å²) in [6.07, 6.45) is 3.96. The predicted molar refractivity (Wildman–Crippen MR) is 82.6 cm³/mol. The van der Waals surface area contributed by atoms with Crippen molar-refractivity contribution in [2.24, 2.45) is 11.8 Å². The molecule has 1 aromatic carbocycles. The topological polar surface area (TPSA) is 41.1 Å². The summed E-state index contributed by atoms with van der Waals surface area (Å²) in [5.74, 6) is 1.56. The third-order valence-corrected chi connectivity index (χ3v) is 4.47. The van der Waals surface area contributed by atoms with Crippen LogP contribution in [-0.4, -0.2) is 19.0 Å². The lowest BCUT2D eigenvalue weighted by atomic mass is 9.80. The van der Waals surface area contributed by atoms with Crippen molar-refractivity contribution in [1.82, 2.24) is 10.6 Å². The van der Waals surface area contributed by atoms with Crippen LogP contribution in [-0.2, 0) is 6.54 Å². The fraction of sp³-hybridized carbons (Fsp3) is 0.588. The summed E-state index contributed by atoms with van der Waals surface area (Å²) in [5, 5.41) is 6.32. The molecule has 1 aliphatic carbocycles. The zero-order valence-corrected chi connectivity index (χ0v) is 12.8. The van der Waals surface area contributed by atoms with E-state index in [4.69, 9.17) is 0 Å². The van der Waals surface area contributed by atoms with Crippen LogP contribution in [0.15, 0.2) is 24.3 Å². The average molecular weight is 274 g/mol. The van der Waals surface area contributed by atoms with Crippen molar-refractivity contribution in [3.63, 3.8) is 0 Å². The van der Waals surface area contributed by atoms with Crippen molar-refractivity contribution in [3.05, 3.63) is 35.4 Å². The van der Waals surface area contributed by atoms with E-state index in [9.17, 15) is 4.79 Å². The molecule has 1 saturated carbocycles. The zero-order valence-electron chi connectivity index (χ0n) is 12.8. The molecule has 3 nitrogen and oxygen atoms in total. The van der Waals surface area contributed by atoms with E-state index in [1.54, 1.807) is 7.05 Å². The Morgan fingerprint density at radius 3 is 2.55 bits per heavy atom. The van der Waals surface area contributed by atoms with Gasteiger partial charge in [0, 0.05) is 25.2 Å². The largest absolute Gasteiger partial charge is 0.355 e. The second kappa shape index (κ2) is 6.89. The number of carbonyl (C=O) groups excluding carboxylic acids is 1. The number of amides is 1.